The van der Waals surface area contributed by atoms with Crippen molar-refractivity contribution >= 4 is 23.5 Å². The number of nitrogens with zero attached hydrogens (tertiary/aromatic N) is 2. The summed E-state index contributed by atoms with van der Waals surface area (Å²) in [5.41, 5.74) is 0.336. The van der Waals surface area contributed by atoms with E-state index in [2.05, 4.69) is 4.90 Å². The zero-order valence-corrected chi connectivity index (χ0v) is 14.2. The first-order valence-corrected chi connectivity index (χ1v) is 8.37. The molecule has 0 unspecified atom stereocenters. The quantitative estimate of drug-likeness (QED) is 0.905. The van der Waals surface area contributed by atoms with Gasteiger partial charge < -0.3 is 10.0 Å². The van der Waals surface area contributed by atoms with Gasteiger partial charge in [-0.2, -0.15) is 0 Å². The Morgan fingerprint density at radius 1 is 1.42 bits per heavy atom. The second kappa shape index (κ2) is 6.33. The molecule has 7 heteroatoms. The molecule has 0 radical (unpaired) electrons. The molecule has 2 heterocycles. The number of carbonyl (C=O) groups is 2. The van der Waals surface area contributed by atoms with Gasteiger partial charge in [-0.25, -0.2) is 4.39 Å². The number of benzene rings is 1. The summed E-state index contributed by atoms with van der Waals surface area (Å²) < 4.78 is 13.2. The largest absolute Gasteiger partial charge is 0.481 e. The normalized spacial score (nSPS) is 23.9. The van der Waals surface area contributed by atoms with Gasteiger partial charge >= 0.3 is 5.97 Å². The maximum atomic E-state index is 13.2. The number of likely N-dealkylation sites (tertiary alicyclic amines) is 2. The van der Waals surface area contributed by atoms with E-state index in [1.165, 1.54) is 6.07 Å². The maximum Gasteiger partial charge on any atom is 0.309 e. The highest BCUT2D eigenvalue weighted by Crippen LogP contribution is 2.43. The van der Waals surface area contributed by atoms with Crippen molar-refractivity contribution in [3.63, 3.8) is 0 Å². The number of amides is 1. The zero-order chi connectivity index (χ0) is 17.5. The summed E-state index contributed by atoms with van der Waals surface area (Å²) in [6.45, 7) is 2.01. The van der Waals surface area contributed by atoms with E-state index in [-0.39, 0.29) is 17.4 Å². The predicted molar refractivity (Wildman–Crippen MR) is 87.2 cm³/mol. The Hall–Kier alpha value is -1.66. The van der Waals surface area contributed by atoms with Gasteiger partial charge in [-0.3, -0.25) is 14.5 Å². The Labute approximate surface area is 145 Å². The van der Waals surface area contributed by atoms with Crippen LogP contribution in [0.4, 0.5) is 4.39 Å². The van der Waals surface area contributed by atoms with Crippen molar-refractivity contribution in [3.05, 3.63) is 34.6 Å². The first-order valence-electron chi connectivity index (χ1n) is 7.99. The standard InChI is InChI=1S/C17H20ClFN2O3/c1-20-15(22)9-12(16(23)24)17(20)4-6-21(7-5-17)10-11-2-3-14(19)13(18)8-11/h2-3,8,12H,4-7,9-10H2,1H3,(H,23,24)/t12-/m0/s1. The lowest BCUT2D eigenvalue weighted by atomic mass is 9.77. The number of rotatable bonds is 3. The van der Waals surface area contributed by atoms with Crippen LogP contribution in [0.5, 0.6) is 0 Å². The topological polar surface area (TPSA) is 60.9 Å². The van der Waals surface area contributed by atoms with Crippen LogP contribution >= 0.6 is 11.6 Å². The van der Waals surface area contributed by atoms with E-state index in [0.717, 1.165) is 5.56 Å². The summed E-state index contributed by atoms with van der Waals surface area (Å²) in [6, 6.07) is 4.68. The summed E-state index contributed by atoms with van der Waals surface area (Å²) >= 11 is 5.82. The van der Waals surface area contributed by atoms with E-state index >= 15 is 0 Å². The van der Waals surface area contributed by atoms with Crippen molar-refractivity contribution in [1.29, 1.82) is 0 Å². The molecule has 0 saturated carbocycles. The van der Waals surface area contributed by atoms with Crippen LogP contribution in [-0.2, 0) is 16.1 Å². The number of carboxylic acids is 1. The Balaban J connectivity index is 1.69. The Morgan fingerprint density at radius 3 is 2.67 bits per heavy atom. The van der Waals surface area contributed by atoms with Crippen molar-refractivity contribution in [3.8, 4) is 0 Å². The molecule has 0 bridgehead atoms. The molecule has 0 aromatic heterocycles. The molecule has 1 spiro atoms. The third-order valence-corrected chi connectivity index (χ3v) is 5.77. The Kier molecular flexibility index (Phi) is 4.53. The molecule has 24 heavy (non-hydrogen) atoms. The molecule has 1 N–H and O–H groups in total. The average Bonchev–Trinajstić information content (AvgIpc) is 2.79. The maximum absolute atomic E-state index is 13.2. The summed E-state index contributed by atoms with van der Waals surface area (Å²) in [5.74, 6) is -2.07. The molecule has 130 valence electrons. The zero-order valence-electron chi connectivity index (χ0n) is 13.5. The van der Waals surface area contributed by atoms with Crippen LogP contribution in [0.1, 0.15) is 24.8 Å². The van der Waals surface area contributed by atoms with Crippen LogP contribution in [0.25, 0.3) is 0 Å². The fraction of sp³-hybridized carbons (Fsp3) is 0.529. The SMILES string of the molecule is CN1C(=O)C[C@@H](C(=O)O)C12CCN(Cc1ccc(F)c(Cl)c1)CC2. The van der Waals surface area contributed by atoms with Crippen LogP contribution in [0.15, 0.2) is 18.2 Å². The van der Waals surface area contributed by atoms with Crippen LogP contribution in [0, 0.1) is 11.7 Å². The van der Waals surface area contributed by atoms with E-state index < -0.39 is 23.2 Å². The molecular formula is C17H20ClFN2O3. The van der Waals surface area contributed by atoms with Gasteiger partial charge in [0.15, 0.2) is 0 Å². The van der Waals surface area contributed by atoms with Gasteiger partial charge in [-0.05, 0) is 30.5 Å². The van der Waals surface area contributed by atoms with Crippen molar-refractivity contribution in [2.24, 2.45) is 5.92 Å². The van der Waals surface area contributed by atoms with Gasteiger partial charge in [-0.1, -0.05) is 17.7 Å². The molecular weight excluding hydrogens is 335 g/mol. The molecule has 1 aromatic rings. The third kappa shape index (κ3) is 2.89. The van der Waals surface area contributed by atoms with E-state index in [1.54, 1.807) is 24.1 Å². The van der Waals surface area contributed by atoms with Gasteiger partial charge in [0.25, 0.3) is 0 Å². The molecule has 2 saturated heterocycles. The number of carboxylic acid groups (broad SMARTS) is 1. The number of hydrogen-bond donors (Lipinski definition) is 1. The summed E-state index contributed by atoms with van der Waals surface area (Å²) in [5, 5.41) is 9.59. The van der Waals surface area contributed by atoms with Crippen molar-refractivity contribution in [2.45, 2.75) is 31.3 Å². The number of halogens is 2. The summed E-state index contributed by atoms with van der Waals surface area (Å²) in [4.78, 5) is 27.4. The van der Waals surface area contributed by atoms with Crippen LogP contribution in [0.2, 0.25) is 5.02 Å². The van der Waals surface area contributed by atoms with Gasteiger partial charge in [-0.15, -0.1) is 0 Å². The monoisotopic (exact) mass is 354 g/mol. The van der Waals surface area contributed by atoms with Crippen molar-refractivity contribution in [2.75, 3.05) is 20.1 Å². The van der Waals surface area contributed by atoms with Crippen LogP contribution < -0.4 is 0 Å². The van der Waals surface area contributed by atoms with E-state index in [9.17, 15) is 19.1 Å². The minimum atomic E-state index is -0.897. The predicted octanol–water partition coefficient (Wildman–Crippen LogP) is 2.38. The molecule has 2 aliphatic rings. The molecule has 2 fully saturated rings. The van der Waals surface area contributed by atoms with Gasteiger partial charge in [0.1, 0.15) is 5.82 Å². The fourth-order valence-electron chi connectivity index (χ4n) is 3.98. The van der Waals surface area contributed by atoms with E-state index in [0.29, 0.717) is 32.5 Å². The highest BCUT2D eigenvalue weighted by molar-refractivity contribution is 6.30. The first kappa shape index (κ1) is 17.2. The van der Waals surface area contributed by atoms with E-state index in [4.69, 9.17) is 11.6 Å². The average molecular weight is 355 g/mol. The van der Waals surface area contributed by atoms with Crippen molar-refractivity contribution in [1.82, 2.24) is 9.80 Å². The Morgan fingerprint density at radius 2 is 2.08 bits per heavy atom. The molecule has 1 amide bonds. The number of piperidine rings is 1. The van der Waals surface area contributed by atoms with E-state index in [1.807, 2.05) is 0 Å². The number of carbonyl (C=O) groups excluding carboxylic acids is 1. The molecule has 1 atom stereocenters. The second-order valence-corrected chi connectivity index (χ2v) is 7.08. The molecule has 1 aromatic carbocycles. The summed E-state index contributed by atoms with van der Waals surface area (Å²) in [6.07, 6.45) is 1.33. The number of aliphatic carboxylic acids is 1. The fourth-order valence-corrected chi connectivity index (χ4v) is 4.18. The molecule has 5 nitrogen and oxygen atoms in total. The smallest absolute Gasteiger partial charge is 0.309 e. The lowest BCUT2D eigenvalue weighted by molar-refractivity contribution is -0.146. The van der Waals surface area contributed by atoms with Crippen LogP contribution in [0.3, 0.4) is 0 Å². The van der Waals surface area contributed by atoms with Crippen LogP contribution in [-0.4, -0.2) is 52.5 Å². The van der Waals surface area contributed by atoms with Gasteiger partial charge in [0, 0.05) is 33.1 Å². The minimum Gasteiger partial charge on any atom is -0.481 e. The minimum absolute atomic E-state index is 0.0827. The molecule has 3 rings (SSSR count). The highest BCUT2D eigenvalue weighted by atomic mass is 35.5. The Bertz CT molecular complexity index is 674. The molecule has 0 aliphatic carbocycles. The summed E-state index contributed by atoms with van der Waals surface area (Å²) in [7, 11) is 1.71. The second-order valence-electron chi connectivity index (χ2n) is 6.68. The van der Waals surface area contributed by atoms with Gasteiger partial charge in [0.2, 0.25) is 5.91 Å². The first-order chi connectivity index (χ1) is 11.3. The third-order valence-electron chi connectivity index (χ3n) is 5.48. The lowest BCUT2D eigenvalue weighted by Gasteiger charge is -2.45. The van der Waals surface area contributed by atoms with Gasteiger partial charge in [0.05, 0.1) is 16.5 Å². The van der Waals surface area contributed by atoms with Crippen molar-refractivity contribution < 1.29 is 19.1 Å². The number of hydrogen-bond acceptors (Lipinski definition) is 3. The lowest BCUT2D eigenvalue weighted by Crippen LogP contribution is -2.55. The highest BCUT2D eigenvalue weighted by Gasteiger charge is 2.55. The molecule has 2 aliphatic heterocycles.